The third-order valence-corrected chi connectivity index (χ3v) is 4.78. The average molecular weight is 368 g/mol. The third kappa shape index (κ3) is 3.70. The molecule has 0 saturated carbocycles. The van der Waals surface area contributed by atoms with E-state index in [1.165, 1.54) is 0 Å². The Morgan fingerprint density at radius 3 is 2.65 bits per heavy atom. The van der Waals surface area contributed by atoms with Crippen LogP contribution in [0.25, 0.3) is 0 Å². The summed E-state index contributed by atoms with van der Waals surface area (Å²) < 4.78 is 5.53. The van der Waals surface area contributed by atoms with Crippen LogP contribution in [-0.4, -0.2) is 28.1 Å². The fraction of sp³-hybridized carbons (Fsp3) is 0.200. The summed E-state index contributed by atoms with van der Waals surface area (Å²) in [6.45, 7) is 2.03. The molecule has 2 N–H and O–H groups in total. The molecule has 3 rings (SSSR count). The number of thiocarbonyl (C=S) groups is 1. The van der Waals surface area contributed by atoms with Crippen molar-refractivity contribution in [2.75, 3.05) is 7.05 Å². The van der Waals surface area contributed by atoms with Crippen molar-refractivity contribution >= 4 is 23.3 Å². The standard InChI is InChI=1S/C20H20N2O3S/c1-13-17(19(24)25-12-14-7-4-3-5-8-14)18(21-20(26)22(13)2)15-9-6-10-16(23)11-15/h3-11,18,23H,12H2,1-2H3,(H,21,26). The van der Waals surface area contributed by atoms with Crippen molar-refractivity contribution in [3.8, 4) is 5.75 Å². The summed E-state index contributed by atoms with van der Waals surface area (Å²) in [6.07, 6.45) is 0. The summed E-state index contributed by atoms with van der Waals surface area (Å²) in [6, 6.07) is 15.8. The molecule has 0 aliphatic carbocycles. The van der Waals surface area contributed by atoms with E-state index in [0.717, 1.165) is 16.8 Å². The van der Waals surface area contributed by atoms with Crippen molar-refractivity contribution in [2.24, 2.45) is 0 Å². The molecular weight excluding hydrogens is 348 g/mol. The summed E-state index contributed by atoms with van der Waals surface area (Å²) in [5.41, 5.74) is 2.86. The van der Waals surface area contributed by atoms with Gasteiger partial charge in [0.05, 0.1) is 11.6 Å². The van der Waals surface area contributed by atoms with Crippen molar-refractivity contribution in [1.82, 2.24) is 10.2 Å². The number of ether oxygens (including phenoxy) is 1. The number of nitrogens with one attached hydrogen (secondary N) is 1. The number of aromatic hydroxyl groups is 1. The van der Waals surface area contributed by atoms with Gasteiger partial charge in [0.2, 0.25) is 0 Å². The smallest absolute Gasteiger partial charge is 0.338 e. The Labute approximate surface area is 157 Å². The predicted octanol–water partition coefficient (Wildman–Crippen LogP) is 3.27. The number of carbonyl (C=O) groups is 1. The summed E-state index contributed by atoms with van der Waals surface area (Å²) in [5, 5.41) is 13.5. The lowest BCUT2D eigenvalue weighted by molar-refractivity contribution is -0.140. The topological polar surface area (TPSA) is 61.8 Å². The highest BCUT2D eigenvalue weighted by Gasteiger charge is 2.33. The Morgan fingerprint density at radius 2 is 1.96 bits per heavy atom. The zero-order valence-electron chi connectivity index (χ0n) is 14.6. The van der Waals surface area contributed by atoms with Crippen molar-refractivity contribution < 1.29 is 14.6 Å². The molecule has 0 radical (unpaired) electrons. The van der Waals surface area contributed by atoms with Crippen LogP contribution in [0, 0.1) is 0 Å². The van der Waals surface area contributed by atoms with Crippen LogP contribution in [0.3, 0.4) is 0 Å². The van der Waals surface area contributed by atoms with E-state index < -0.39 is 12.0 Å². The number of nitrogens with zero attached hydrogens (tertiary/aromatic N) is 1. The number of rotatable bonds is 4. The molecule has 1 unspecified atom stereocenters. The van der Waals surface area contributed by atoms with Crippen LogP contribution >= 0.6 is 12.2 Å². The van der Waals surface area contributed by atoms with Gasteiger partial charge >= 0.3 is 5.97 Å². The van der Waals surface area contributed by atoms with Crippen molar-refractivity contribution in [3.05, 3.63) is 77.0 Å². The zero-order valence-corrected chi connectivity index (χ0v) is 15.4. The van der Waals surface area contributed by atoms with Crippen LogP contribution in [0.1, 0.15) is 24.1 Å². The lowest BCUT2D eigenvalue weighted by atomic mass is 9.95. The van der Waals surface area contributed by atoms with Crippen LogP contribution in [0.15, 0.2) is 65.9 Å². The van der Waals surface area contributed by atoms with Gasteiger partial charge in [-0.3, -0.25) is 0 Å². The maximum atomic E-state index is 12.9. The Bertz CT molecular complexity index is 864. The van der Waals surface area contributed by atoms with Crippen LogP contribution in [-0.2, 0) is 16.1 Å². The third-order valence-electron chi connectivity index (χ3n) is 4.39. The van der Waals surface area contributed by atoms with E-state index in [1.807, 2.05) is 43.3 Å². The van der Waals surface area contributed by atoms with E-state index in [0.29, 0.717) is 10.7 Å². The number of benzene rings is 2. The van der Waals surface area contributed by atoms with E-state index in [9.17, 15) is 9.90 Å². The van der Waals surface area contributed by atoms with Crippen molar-refractivity contribution in [3.63, 3.8) is 0 Å². The number of hydrogen-bond acceptors (Lipinski definition) is 4. The Balaban J connectivity index is 1.90. The molecule has 26 heavy (non-hydrogen) atoms. The minimum atomic E-state index is -0.478. The first kappa shape index (κ1) is 17.9. The number of esters is 1. The number of phenolic OH excluding ortho intramolecular Hbond substituents is 1. The Kier molecular flexibility index (Phi) is 5.23. The fourth-order valence-corrected chi connectivity index (χ4v) is 3.11. The minimum absolute atomic E-state index is 0.129. The molecule has 6 heteroatoms. The highest BCUT2D eigenvalue weighted by Crippen LogP contribution is 2.32. The van der Waals surface area contributed by atoms with Gasteiger partial charge in [0.15, 0.2) is 5.11 Å². The number of phenols is 1. The van der Waals surface area contributed by atoms with Gasteiger partial charge in [0.1, 0.15) is 12.4 Å². The van der Waals surface area contributed by atoms with Crippen molar-refractivity contribution in [1.29, 1.82) is 0 Å². The molecule has 0 amide bonds. The molecule has 0 saturated heterocycles. The van der Waals surface area contributed by atoms with E-state index in [2.05, 4.69) is 5.32 Å². The molecule has 0 fully saturated rings. The summed E-state index contributed by atoms with van der Waals surface area (Å²) in [7, 11) is 1.80. The average Bonchev–Trinajstić information content (AvgIpc) is 2.64. The van der Waals surface area contributed by atoms with Gasteiger partial charge in [-0.25, -0.2) is 4.79 Å². The van der Waals surface area contributed by atoms with Gasteiger partial charge < -0.3 is 20.1 Å². The van der Waals surface area contributed by atoms with E-state index >= 15 is 0 Å². The van der Waals surface area contributed by atoms with Gasteiger partial charge in [0.25, 0.3) is 0 Å². The van der Waals surface area contributed by atoms with Crippen LogP contribution in [0.5, 0.6) is 5.75 Å². The molecule has 1 aliphatic rings. The second kappa shape index (κ2) is 7.58. The molecule has 1 atom stereocenters. The first-order chi connectivity index (χ1) is 12.5. The van der Waals surface area contributed by atoms with Gasteiger partial charge in [0, 0.05) is 12.7 Å². The first-order valence-corrected chi connectivity index (χ1v) is 8.63. The fourth-order valence-electron chi connectivity index (χ4n) is 2.86. The molecule has 0 spiro atoms. The molecule has 134 valence electrons. The molecule has 2 aromatic carbocycles. The van der Waals surface area contributed by atoms with Gasteiger partial charge in [-0.1, -0.05) is 42.5 Å². The van der Waals surface area contributed by atoms with E-state index in [-0.39, 0.29) is 12.4 Å². The molecule has 0 bridgehead atoms. The maximum absolute atomic E-state index is 12.9. The van der Waals surface area contributed by atoms with Gasteiger partial charge in [-0.2, -0.15) is 0 Å². The lowest BCUT2D eigenvalue weighted by Gasteiger charge is -2.35. The number of carbonyl (C=O) groups excluding carboxylic acids is 1. The minimum Gasteiger partial charge on any atom is -0.508 e. The van der Waals surface area contributed by atoms with Gasteiger partial charge in [-0.05, 0) is 42.4 Å². The van der Waals surface area contributed by atoms with Crippen molar-refractivity contribution in [2.45, 2.75) is 19.6 Å². The molecule has 1 heterocycles. The van der Waals surface area contributed by atoms with E-state index in [4.69, 9.17) is 17.0 Å². The lowest BCUT2D eigenvalue weighted by Crippen LogP contribution is -2.46. The second-order valence-corrected chi connectivity index (χ2v) is 6.48. The molecule has 1 aliphatic heterocycles. The first-order valence-electron chi connectivity index (χ1n) is 8.22. The zero-order chi connectivity index (χ0) is 18.7. The monoisotopic (exact) mass is 368 g/mol. The highest BCUT2D eigenvalue weighted by atomic mass is 32.1. The Morgan fingerprint density at radius 1 is 1.23 bits per heavy atom. The number of hydrogen-bond donors (Lipinski definition) is 2. The molecule has 5 nitrogen and oxygen atoms in total. The van der Waals surface area contributed by atoms with Crippen LogP contribution in [0.2, 0.25) is 0 Å². The normalized spacial score (nSPS) is 17.1. The second-order valence-electron chi connectivity index (χ2n) is 6.10. The number of allylic oxidation sites excluding steroid dienone is 1. The Hall–Kier alpha value is -2.86. The van der Waals surface area contributed by atoms with E-state index in [1.54, 1.807) is 30.1 Å². The van der Waals surface area contributed by atoms with Crippen LogP contribution in [0.4, 0.5) is 0 Å². The maximum Gasteiger partial charge on any atom is 0.338 e. The highest BCUT2D eigenvalue weighted by molar-refractivity contribution is 7.80. The quantitative estimate of drug-likeness (QED) is 0.638. The molecule has 0 aromatic heterocycles. The summed E-state index contributed by atoms with van der Waals surface area (Å²) in [4.78, 5) is 14.6. The van der Waals surface area contributed by atoms with Gasteiger partial charge in [-0.15, -0.1) is 0 Å². The predicted molar refractivity (Wildman–Crippen MR) is 103 cm³/mol. The molecule has 2 aromatic rings. The largest absolute Gasteiger partial charge is 0.508 e. The summed E-state index contributed by atoms with van der Waals surface area (Å²) in [5.74, 6) is -0.287. The SMILES string of the molecule is CC1=C(C(=O)OCc2ccccc2)C(c2cccc(O)c2)NC(=S)N1C. The molecular formula is C20H20N2O3S. The van der Waals surface area contributed by atoms with Crippen LogP contribution < -0.4 is 5.32 Å². The summed E-state index contributed by atoms with van der Waals surface area (Å²) >= 11 is 5.36.